The van der Waals surface area contributed by atoms with E-state index in [9.17, 15) is 18.0 Å². The monoisotopic (exact) mass is 541 g/mol. The van der Waals surface area contributed by atoms with Crippen LogP contribution >= 0.6 is 0 Å². The minimum Gasteiger partial charge on any atom is -0.481 e. The number of oxime groups is 1. The van der Waals surface area contributed by atoms with E-state index in [0.29, 0.717) is 46.1 Å². The minimum absolute atomic E-state index is 0.0488. The number of carbonyl (C=O) groups excluding carboxylic acids is 1. The van der Waals surface area contributed by atoms with Crippen molar-refractivity contribution in [2.45, 2.75) is 31.7 Å². The van der Waals surface area contributed by atoms with Crippen molar-refractivity contribution in [1.29, 1.82) is 0 Å². The maximum absolute atomic E-state index is 14.4. The van der Waals surface area contributed by atoms with Crippen LogP contribution in [0.4, 0.5) is 19.1 Å². The Bertz CT molecular complexity index is 1450. The maximum Gasteiger partial charge on any atom is 0.267 e. The van der Waals surface area contributed by atoms with E-state index in [1.165, 1.54) is 19.2 Å². The molecule has 3 aromatic rings. The summed E-state index contributed by atoms with van der Waals surface area (Å²) in [7, 11) is 1.49. The van der Waals surface area contributed by atoms with E-state index >= 15 is 0 Å². The molecule has 0 spiro atoms. The molecule has 39 heavy (non-hydrogen) atoms. The van der Waals surface area contributed by atoms with Crippen molar-refractivity contribution in [2.24, 2.45) is 5.16 Å². The first kappa shape index (κ1) is 26.2. The molecule has 204 valence electrons. The van der Waals surface area contributed by atoms with E-state index in [-0.39, 0.29) is 24.7 Å². The number of anilines is 1. The van der Waals surface area contributed by atoms with Crippen molar-refractivity contribution in [3.8, 4) is 17.1 Å². The van der Waals surface area contributed by atoms with Crippen LogP contribution in [-0.4, -0.2) is 64.3 Å². The molecule has 13 heteroatoms. The van der Waals surface area contributed by atoms with E-state index in [4.69, 9.17) is 15.3 Å². The van der Waals surface area contributed by atoms with Gasteiger partial charge in [0.05, 0.1) is 42.3 Å². The normalized spacial score (nSPS) is 18.9. The van der Waals surface area contributed by atoms with Gasteiger partial charge in [-0.1, -0.05) is 17.3 Å². The first-order chi connectivity index (χ1) is 18.6. The van der Waals surface area contributed by atoms with Gasteiger partial charge in [-0.05, 0) is 30.7 Å². The third-order valence-corrected chi connectivity index (χ3v) is 6.59. The quantitative estimate of drug-likeness (QED) is 0.456. The summed E-state index contributed by atoms with van der Waals surface area (Å²) in [6.45, 7) is 0.515. The number of ether oxygens (including phenoxy) is 1. The molecular weight excluding hydrogens is 515 g/mol. The number of aromatic nitrogens is 3. The molecule has 0 bridgehead atoms. The Hall–Kier alpha value is -4.42. The van der Waals surface area contributed by atoms with Crippen molar-refractivity contribution in [2.75, 3.05) is 32.5 Å². The zero-order chi connectivity index (χ0) is 27.7. The smallest absolute Gasteiger partial charge is 0.267 e. The standard InChI is InChI=1S/C26H26F3N7O3/c1-14-23-20(34-25(30)31-14)11-19(33-24(23)35-39-12-22(37)36-9-8-26(28,29)13-36)16-7-6-15(27)10-17(16)18-4-3-5-21(32-18)38-2/h3-7,10,19H,8-9,11-13H2,1-2H3,(H,33,35)(H2,30,31,34). The van der Waals surface area contributed by atoms with Crippen molar-refractivity contribution in [3.05, 3.63) is 64.7 Å². The first-order valence-electron chi connectivity index (χ1n) is 12.2. The van der Waals surface area contributed by atoms with Crippen LogP contribution < -0.4 is 15.8 Å². The lowest BCUT2D eigenvalue weighted by Crippen LogP contribution is -2.38. The average molecular weight is 542 g/mol. The van der Waals surface area contributed by atoms with E-state index < -0.39 is 36.8 Å². The molecule has 0 saturated carbocycles. The number of hydrogen-bond donors (Lipinski definition) is 2. The summed E-state index contributed by atoms with van der Waals surface area (Å²) in [5.41, 5.74) is 9.29. The lowest BCUT2D eigenvalue weighted by molar-refractivity contribution is -0.136. The number of likely N-dealkylation sites (tertiary alicyclic amines) is 1. The van der Waals surface area contributed by atoms with Gasteiger partial charge < -0.3 is 25.5 Å². The molecule has 0 radical (unpaired) electrons. The van der Waals surface area contributed by atoms with E-state index in [0.717, 1.165) is 4.90 Å². The highest BCUT2D eigenvalue weighted by Crippen LogP contribution is 2.34. The van der Waals surface area contributed by atoms with Gasteiger partial charge in [0, 0.05) is 31.0 Å². The Balaban J connectivity index is 1.47. The minimum atomic E-state index is -2.91. The largest absolute Gasteiger partial charge is 0.481 e. The molecule has 1 atom stereocenters. The van der Waals surface area contributed by atoms with Crippen molar-refractivity contribution in [1.82, 2.24) is 25.2 Å². The topological polar surface area (TPSA) is 128 Å². The van der Waals surface area contributed by atoms with Crippen molar-refractivity contribution >= 4 is 17.7 Å². The van der Waals surface area contributed by atoms with Gasteiger partial charge in [-0.25, -0.2) is 28.1 Å². The molecule has 1 aromatic carbocycles. The number of amidine groups is 1. The average Bonchev–Trinajstić information content (AvgIpc) is 3.27. The molecular formula is C26H26F3N7O3. The number of methoxy groups -OCH3 is 1. The molecule has 0 aliphatic carbocycles. The highest BCUT2D eigenvalue weighted by molar-refractivity contribution is 6.01. The highest BCUT2D eigenvalue weighted by atomic mass is 19.3. The summed E-state index contributed by atoms with van der Waals surface area (Å²) in [5, 5.41) is 7.40. The molecule has 2 aromatic heterocycles. The van der Waals surface area contributed by atoms with Crippen LogP contribution in [0, 0.1) is 12.7 Å². The predicted octanol–water partition coefficient (Wildman–Crippen LogP) is 3.01. The Kier molecular flexibility index (Phi) is 6.98. The SMILES string of the molecule is COc1cccc(-c2cc(F)ccc2C2Cc3nc(N)nc(C)c3/C(=N/OCC(=O)N3CCC(F)(F)C3)N2)n1. The van der Waals surface area contributed by atoms with Crippen molar-refractivity contribution < 1.29 is 27.5 Å². The second kappa shape index (κ2) is 10.4. The van der Waals surface area contributed by atoms with E-state index in [1.807, 2.05) is 0 Å². The second-order valence-electron chi connectivity index (χ2n) is 9.32. The van der Waals surface area contributed by atoms with Crippen LogP contribution in [-0.2, 0) is 16.1 Å². The summed E-state index contributed by atoms with van der Waals surface area (Å²) in [6, 6.07) is 9.08. The Morgan fingerprint density at radius 2 is 2.08 bits per heavy atom. The van der Waals surface area contributed by atoms with Crippen LogP contribution in [0.15, 0.2) is 41.6 Å². The third kappa shape index (κ3) is 5.56. The second-order valence-corrected chi connectivity index (χ2v) is 9.32. The molecule has 5 rings (SSSR count). The van der Waals surface area contributed by atoms with Gasteiger partial charge in [0.25, 0.3) is 11.8 Å². The van der Waals surface area contributed by atoms with Crippen LogP contribution in [0.25, 0.3) is 11.3 Å². The van der Waals surface area contributed by atoms with Gasteiger partial charge in [-0.15, -0.1) is 0 Å². The van der Waals surface area contributed by atoms with E-state index in [1.54, 1.807) is 31.2 Å². The molecule has 3 N–H and O–H groups in total. The molecule has 1 fully saturated rings. The van der Waals surface area contributed by atoms with Gasteiger partial charge in [0.15, 0.2) is 12.4 Å². The molecule has 1 unspecified atom stereocenters. The number of carbonyl (C=O) groups is 1. The zero-order valence-electron chi connectivity index (χ0n) is 21.2. The molecule has 1 amide bonds. The zero-order valence-corrected chi connectivity index (χ0v) is 21.2. The van der Waals surface area contributed by atoms with Gasteiger partial charge in [-0.2, -0.15) is 0 Å². The number of pyridine rings is 1. The molecule has 4 heterocycles. The summed E-state index contributed by atoms with van der Waals surface area (Å²) < 4.78 is 46.6. The summed E-state index contributed by atoms with van der Waals surface area (Å²) in [5.74, 6) is -3.27. The highest BCUT2D eigenvalue weighted by Gasteiger charge is 2.40. The fourth-order valence-electron chi connectivity index (χ4n) is 4.78. The fourth-order valence-corrected chi connectivity index (χ4v) is 4.78. The summed E-state index contributed by atoms with van der Waals surface area (Å²) in [4.78, 5) is 31.8. The third-order valence-electron chi connectivity index (χ3n) is 6.59. The maximum atomic E-state index is 14.4. The first-order valence-corrected chi connectivity index (χ1v) is 12.2. The summed E-state index contributed by atoms with van der Waals surface area (Å²) >= 11 is 0. The molecule has 1 saturated heterocycles. The Morgan fingerprint density at radius 3 is 2.82 bits per heavy atom. The lowest BCUT2D eigenvalue weighted by Gasteiger charge is -2.29. The Labute approximate surface area is 222 Å². The van der Waals surface area contributed by atoms with Crippen molar-refractivity contribution in [3.63, 3.8) is 0 Å². The van der Waals surface area contributed by atoms with Gasteiger partial charge >= 0.3 is 0 Å². The number of nitrogens with one attached hydrogen (secondary N) is 1. The number of halogens is 3. The lowest BCUT2D eigenvalue weighted by atomic mass is 9.90. The Morgan fingerprint density at radius 1 is 1.26 bits per heavy atom. The van der Waals surface area contributed by atoms with Crippen LogP contribution in [0.5, 0.6) is 5.88 Å². The van der Waals surface area contributed by atoms with Gasteiger partial charge in [-0.3, -0.25) is 4.79 Å². The molecule has 2 aliphatic rings. The van der Waals surface area contributed by atoms with Gasteiger partial charge in [0.2, 0.25) is 11.8 Å². The number of amides is 1. The number of alkyl halides is 2. The summed E-state index contributed by atoms with van der Waals surface area (Å²) in [6.07, 6.45) is -0.0315. The predicted molar refractivity (Wildman–Crippen MR) is 136 cm³/mol. The molecule has 10 nitrogen and oxygen atoms in total. The number of nitrogens with zero attached hydrogens (tertiary/aromatic N) is 5. The van der Waals surface area contributed by atoms with E-state index in [2.05, 4.69) is 25.4 Å². The molecule has 2 aliphatic heterocycles. The number of aryl methyl sites for hydroxylation is 1. The fraction of sp³-hybridized carbons (Fsp3) is 0.346. The van der Waals surface area contributed by atoms with Gasteiger partial charge in [0.1, 0.15) is 5.82 Å². The van der Waals surface area contributed by atoms with Crippen LogP contribution in [0.2, 0.25) is 0 Å². The number of hydrogen-bond acceptors (Lipinski definition) is 8. The number of nitrogens with two attached hydrogens (primary N) is 1. The number of nitrogen functional groups attached to an aromatic ring is 1. The number of rotatable bonds is 6. The number of fused-ring (bicyclic) bond motifs is 1. The number of benzene rings is 1. The van der Waals surface area contributed by atoms with Crippen LogP contribution in [0.3, 0.4) is 0 Å². The van der Waals surface area contributed by atoms with Crippen LogP contribution in [0.1, 0.15) is 35.0 Å².